The Morgan fingerprint density at radius 1 is 0.882 bits per heavy atom. The average molecular weight is 242 g/mol. The lowest BCUT2D eigenvalue weighted by atomic mass is 9.89. The summed E-state index contributed by atoms with van der Waals surface area (Å²) in [6.45, 7) is 13.7. The molecule has 0 rings (SSSR count). The van der Waals surface area contributed by atoms with E-state index in [1.165, 1.54) is 6.42 Å². The van der Waals surface area contributed by atoms with Crippen molar-refractivity contribution in [2.45, 2.75) is 73.6 Å². The van der Waals surface area contributed by atoms with Crippen molar-refractivity contribution in [3.05, 3.63) is 0 Å². The highest BCUT2D eigenvalue weighted by atomic mass is 16.5. The molecule has 0 aromatic rings. The molecule has 0 aliphatic carbocycles. The molecule has 0 spiro atoms. The molecule has 2 heteroatoms. The summed E-state index contributed by atoms with van der Waals surface area (Å²) in [4.78, 5) is 11.4. The molecule has 0 aromatic carbocycles. The zero-order valence-electron chi connectivity index (χ0n) is 12.6. The van der Waals surface area contributed by atoms with E-state index in [-0.39, 0.29) is 11.4 Å². The van der Waals surface area contributed by atoms with Gasteiger partial charge in [0, 0.05) is 6.42 Å². The maximum atomic E-state index is 11.4. The topological polar surface area (TPSA) is 26.3 Å². The van der Waals surface area contributed by atoms with Gasteiger partial charge in [-0.25, -0.2) is 0 Å². The number of carbonyl (C=O) groups is 1. The Kier molecular flexibility index (Phi) is 6.81. The Balaban J connectivity index is 3.48. The van der Waals surface area contributed by atoms with Gasteiger partial charge in [-0.15, -0.1) is 0 Å². The van der Waals surface area contributed by atoms with Crippen molar-refractivity contribution in [2.75, 3.05) is 6.61 Å². The normalized spacial score (nSPS) is 12.6. The molecule has 0 atom stereocenters. The molecule has 2 nitrogen and oxygen atoms in total. The van der Waals surface area contributed by atoms with E-state index in [0.717, 1.165) is 19.3 Å². The van der Waals surface area contributed by atoms with Crippen molar-refractivity contribution < 1.29 is 9.53 Å². The van der Waals surface area contributed by atoms with Crippen LogP contribution in [-0.2, 0) is 9.53 Å². The van der Waals surface area contributed by atoms with Crippen LogP contribution in [0.4, 0.5) is 0 Å². The van der Waals surface area contributed by atoms with E-state index in [2.05, 4.69) is 41.5 Å². The second kappa shape index (κ2) is 7.03. The molecule has 0 radical (unpaired) electrons. The van der Waals surface area contributed by atoms with E-state index in [1.54, 1.807) is 0 Å². The highest BCUT2D eigenvalue weighted by Gasteiger charge is 2.12. The van der Waals surface area contributed by atoms with Crippen molar-refractivity contribution in [2.24, 2.45) is 10.8 Å². The van der Waals surface area contributed by atoms with Crippen LogP contribution in [-0.4, -0.2) is 12.6 Å². The molecule has 0 unspecified atom stereocenters. The Morgan fingerprint density at radius 2 is 1.41 bits per heavy atom. The number of unbranched alkanes of at least 4 members (excludes halogenated alkanes) is 1. The molecule has 17 heavy (non-hydrogen) atoms. The molecule has 0 aromatic heterocycles. The molecule has 102 valence electrons. The Bertz CT molecular complexity index is 218. The third-order valence-electron chi connectivity index (χ3n) is 2.67. The second-order valence-corrected chi connectivity index (χ2v) is 7.30. The third kappa shape index (κ3) is 13.4. The monoisotopic (exact) mass is 242 g/mol. The third-order valence-corrected chi connectivity index (χ3v) is 2.67. The van der Waals surface area contributed by atoms with Crippen LogP contribution in [0.1, 0.15) is 73.6 Å². The molecule has 0 N–H and O–H groups in total. The van der Waals surface area contributed by atoms with Crippen molar-refractivity contribution in [1.82, 2.24) is 0 Å². The summed E-state index contributed by atoms with van der Waals surface area (Å²) in [5, 5.41) is 0. The molecule has 0 fully saturated rings. The van der Waals surface area contributed by atoms with Crippen LogP contribution < -0.4 is 0 Å². The molecular formula is C15H30O2. The average Bonchev–Trinajstić information content (AvgIpc) is 2.09. The highest BCUT2D eigenvalue weighted by Crippen LogP contribution is 2.22. The van der Waals surface area contributed by atoms with Gasteiger partial charge >= 0.3 is 5.97 Å². The summed E-state index contributed by atoms with van der Waals surface area (Å²) in [7, 11) is 0. The van der Waals surface area contributed by atoms with Crippen molar-refractivity contribution in [3.63, 3.8) is 0 Å². The summed E-state index contributed by atoms with van der Waals surface area (Å²) in [5.74, 6) is -0.0387. The maximum Gasteiger partial charge on any atom is 0.305 e. The van der Waals surface area contributed by atoms with Crippen molar-refractivity contribution in [1.29, 1.82) is 0 Å². The molecule has 0 amide bonds. The number of esters is 1. The van der Waals surface area contributed by atoms with Gasteiger partial charge in [0.2, 0.25) is 0 Å². The van der Waals surface area contributed by atoms with Gasteiger partial charge in [0.05, 0.1) is 6.61 Å². The van der Waals surface area contributed by atoms with Crippen LogP contribution in [0.25, 0.3) is 0 Å². The van der Waals surface area contributed by atoms with E-state index in [4.69, 9.17) is 4.74 Å². The summed E-state index contributed by atoms with van der Waals surface area (Å²) in [5.41, 5.74) is 0.614. The number of hydrogen-bond acceptors (Lipinski definition) is 2. The van der Waals surface area contributed by atoms with Gasteiger partial charge in [0.15, 0.2) is 0 Å². The molecule has 0 saturated carbocycles. The molecule has 0 aliphatic rings. The van der Waals surface area contributed by atoms with Crippen LogP contribution >= 0.6 is 0 Å². The molecule has 0 saturated heterocycles. The fourth-order valence-corrected chi connectivity index (χ4v) is 1.47. The first-order chi connectivity index (χ1) is 7.60. The largest absolute Gasteiger partial charge is 0.466 e. The van der Waals surface area contributed by atoms with Crippen LogP contribution in [0, 0.1) is 10.8 Å². The van der Waals surface area contributed by atoms with Gasteiger partial charge in [0.25, 0.3) is 0 Å². The van der Waals surface area contributed by atoms with E-state index in [1.807, 2.05) is 0 Å². The first-order valence-electron chi connectivity index (χ1n) is 6.76. The maximum absolute atomic E-state index is 11.4. The van der Waals surface area contributed by atoms with Crippen molar-refractivity contribution in [3.8, 4) is 0 Å². The van der Waals surface area contributed by atoms with Gasteiger partial charge in [-0.2, -0.15) is 0 Å². The molecule has 0 bridgehead atoms. The highest BCUT2D eigenvalue weighted by molar-refractivity contribution is 5.69. The molecule has 0 aliphatic heterocycles. The fourth-order valence-electron chi connectivity index (χ4n) is 1.47. The number of ether oxygens (including phenoxy) is 1. The van der Waals surface area contributed by atoms with Crippen LogP contribution in [0.3, 0.4) is 0 Å². The SMILES string of the molecule is CC(C)(C)CCCCC(=O)OCCC(C)(C)C. The minimum Gasteiger partial charge on any atom is -0.466 e. The minimum atomic E-state index is -0.0387. The minimum absolute atomic E-state index is 0.0387. The fraction of sp³-hybridized carbons (Fsp3) is 0.933. The van der Waals surface area contributed by atoms with Crippen LogP contribution in [0.15, 0.2) is 0 Å². The Labute approximate surface area is 107 Å². The lowest BCUT2D eigenvalue weighted by Crippen LogP contribution is -2.13. The smallest absolute Gasteiger partial charge is 0.305 e. The van der Waals surface area contributed by atoms with Gasteiger partial charge in [-0.3, -0.25) is 4.79 Å². The zero-order valence-corrected chi connectivity index (χ0v) is 12.6. The quantitative estimate of drug-likeness (QED) is 0.503. The summed E-state index contributed by atoms with van der Waals surface area (Å²) in [6.07, 6.45) is 4.73. The van der Waals surface area contributed by atoms with Gasteiger partial charge < -0.3 is 4.74 Å². The van der Waals surface area contributed by atoms with Gasteiger partial charge in [0.1, 0.15) is 0 Å². The predicted molar refractivity (Wildman–Crippen MR) is 73.0 cm³/mol. The second-order valence-electron chi connectivity index (χ2n) is 7.30. The zero-order chi connectivity index (χ0) is 13.5. The van der Waals surface area contributed by atoms with E-state index in [9.17, 15) is 4.79 Å². The lowest BCUT2D eigenvalue weighted by molar-refractivity contribution is -0.144. The standard InChI is InChI=1S/C15H30O2/c1-14(2,3)10-8-7-9-13(16)17-12-11-15(4,5)6/h7-12H2,1-6H3. The first kappa shape index (κ1) is 16.5. The van der Waals surface area contributed by atoms with Crippen LogP contribution in [0.2, 0.25) is 0 Å². The van der Waals surface area contributed by atoms with E-state index < -0.39 is 0 Å². The summed E-state index contributed by atoms with van der Waals surface area (Å²) < 4.78 is 5.21. The Hall–Kier alpha value is -0.530. The lowest BCUT2D eigenvalue weighted by Gasteiger charge is -2.18. The number of carbonyl (C=O) groups excluding carboxylic acids is 1. The number of hydrogen-bond donors (Lipinski definition) is 0. The van der Waals surface area contributed by atoms with Crippen LogP contribution in [0.5, 0.6) is 0 Å². The summed E-state index contributed by atoms with van der Waals surface area (Å²) >= 11 is 0. The first-order valence-corrected chi connectivity index (χ1v) is 6.76. The van der Waals surface area contributed by atoms with Gasteiger partial charge in [-0.1, -0.05) is 48.0 Å². The number of rotatable bonds is 6. The molecule has 0 heterocycles. The van der Waals surface area contributed by atoms with Crippen molar-refractivity contribution >= 4 is 5.97 Å². The Morgan fingerprint density at radius 3 is 1.88 bits per heavy atom. The van der Waals surface area contributed by atoms with E-state index >= 15 is 0 Å². The summed E-state index contributed by atoms with van der Waals surface area (Å²) in [6, 6.07) is 0. The van der Waals surface area contributed by atoms with Gasteiger partial charge in [-0.05, 0) is 30.1 Å². The molecular weight excluding hydrogens is 212 g/mol. The van der Waals surface area contributed by atoms with E-state index in [0.29, 0.717) is 18.4 Å². The predicted octanol–water partition coefficient (Wildman–Crippen LogP) is 4.57.